The fraction of sp³-hybridized carbons (Fsp3) is 0.0769. The molecule has 0 saturated carbocycles. The van der Waals surface area contributed by atoms with Crippen molar-refractivity contribution in [1.29, 1.82) is 0 Å². The predicted molar refractivity (Wildman–Crippen MR) is 80.4 cm³/mol. The zero-order chi connectivity index (χ0) is 15.2. The van der Waals surface area contributed by atoms with E-state index in [1.165, 1.54) is 6.33 Å². The number of aromatic amines is 1. The summed E-state index contributed by atoms with van der Waals surface area (Å²) in [5.74, 6) is -0.816. The number of nitrogens with one attached hydrogen (secondary N) is 4. The van der Waals surface area contributed by atoms with Gasteiger partial charge in [-0.2, -0.15) is 0 Å². The first-order valence-electron chi connectivity index (χ1n) is 6.04. The Bertz CT molecular complexity index is 668. The first-order chi connectivity index (χ1) is 10.1. The van der Waals surface area contributed by atoms with Gasteiger partial charge >= 0.3 is 0 Å². The van der Waals surface area contributed by atoms with Crippen LogP contribution >= 0.6 is 12.2 Å². The van der Waals surface area contributed by atoms with Crippen molar-refractivity contribution >= 4 is 29.1 Å². The van der Waals surface area contributed by atoms with Gasteiger partial charge in [-0.15, -0.1) is 0 Å². The van der Waals surface area contributed by atoms with Gasteiger partial charge in [0.2, 0.25) is 0 Å². The molecule has 0 aliphatic rings. The standard InChI is InChI=1S/C13H13N5O2S/c1-8-10(15-7-14-8)12(20)17-18-13(21)16-11(19)9-5-3-2-4-6-9/h2-7H,1H3,(H,14,15)(H,17,20)(H2,16,18,19,21). The maximum Gasteiger partial charge on any atom is 0.290 e. The summed E-state index contributed by atoms with van der Waals surface area (Å²) < 4.78 is 0. The fourth-order valence-electron chi connectivity index (χ4n) is 1.56. The van der Waals surface area contributed by atoms with Crippen LogP contribution in [0.15, 0.2) is 36.7 Å². The van der Waals surface area contributed by atoms with E-state index < -0.39 is 5.91 Å². The molecule has 108 valence electrons. The summed E-state index contributed by atoms with van der Waals surface area (Å²) in [5, 5.41) is 2.44. The second-order valence-electron chi connectivity index (χ2n) is 4.10. The summed E-state index contributed by atoms with van der Waals surface area (Å²) in [4.78, 5) is 30.2. The summed E-state index contributed by atoms with van der Waals surface area (Å²) in [6.45, 7) is 1.72. The number of amides is 2. The van der Waals surface area contributed by atoms with Gasteiger partial charge in [-0.1, -0.05) is 18.2 Å². The van der Waals surface area contributed by atoms with Gasteiger partial charge in [0.05, 0.1) is 6.33 Å². The highest BCUT2D eigenvalue weighted by Crippen LogP contribution is 1.99. The highest BCUT2D eigenvalue weighted by Gasteiger charge is 2.12. The zero-order valence-electron chi connectivity index (χ0n) is 11.1. The van der Waals surface area contributed by atoms with Crippen LogP contribution in [0.25, 0.3) is 0 Å². The van der Waals surface area contributed by atoms with E-state index in [0.717, 1.165) is 0 Å². The van der Waals surface area contributed by atoms with Gasteiger partial charge in [-0.05, 0) is 31.3 Å². The Morgan fingerprint density at radius 1 is 1.14 bits per heavy atom. The molecular weight excluding hydrogens is 290 g/mol. The van der Waals surface area contributed by atoms with Crippen LogP contribution in [0.1, 0.15) is 26.5 Å². The van der Waals surface area contributed by atoms with Crippen LogP contribution in [0.2, 0.25) is 0 Å². The van der Waals surface area contributed by atoms with Crippen LogP contribution in [0.3, 0.4) is 0 Å². The van der Waals surface area contributed by atoms with Crippen molar-refractivity contribution in [3.63, 3.8) is 0 Å². The van der Waals surface area contributed by atoms with Crippen molar-refractivity contribution < 1.29 is 9.59 Å². The summed E-state index contributed by atoms with van der Waals surface area (Å²) in [5.41, 5.74) is 6.15. The lowest BCUT2D eigenvalue weighted by molar-refractivity contribution is 0.0930. The molecule has 0 bridgehead atoms. The summed E-state index contributed by atoms with van der Waals surface area (Å²) in [6, 6.07) is 8.61. The summed E-state index contributed by atoms with van der Waals surface area (Å²) >= 11 is 4.92. The Hall–Kier alpha value is -2.74. The molecule has 2 aromatic rings. The number of thiocarbonyl (C=S) groups is 1. The minimum absolute atomic E-state index is 0.00890. The molecule has 8 heteroatoms. The predicted octanol–water partition coefficient (Wildman–Crippen LogP) is 0.667. The highest BCUT2D eigenvalue weighted by molar-refractivity contribution is 7.80. The Labute approximate surface area is 126 Å². The molecule has 4 N–H and O–H groups in total. The van der Waals surface area contributed by atoms with E-state index in [9.17, 15) is 9.59 Å². The van der Waals surface area contributed by atoms with Gasteiger partial charge in [0, 0.05) is 11.3 Å². The number of carbonyl (C=O) groups excluding carboxylic acids is 2. The summed E-state index contributed by atoms with van der Waals surface area (Å²) in [6.07, 6.45) is 1.42. The SMILES string of the molecule is Cc1[nH]cnc1C(=O)NNC(=S)NC(=O)c1ccccc1. The maximum absolute atomic E-state index is 11.8. The highest BCUT2D eigenvalue weighted by atomic mass is 32.1. The molecule has 0 spiro atoms. The first-order valence-corrected chi connectivity index (χ1v) is 6.45. The minimum atomic E-state index is -0.454. The molecule has 7 nitrogen and oxygen atoms in total. The minimum Gasteiger partial charge on any atom is -0.348 e. The van der Waals surface area contributed by atoms with E-state index in [-0.39, 0.29) is 16.7 Å². The second-order valence-corrected chi connectivity index (χ2v) is 4.51. The molecule has 0 aliphatic carbocycles. The van der Waals surface area contributed by atoms with Crippen molar-refractivity contribution in [2.24, 2.45) is 0 Å². The number of aryl methyl sites for hydroxylation is 1. The molecule has 0 atom stereocenters. The molecule has 0 fully saturated rings. The topological polar surface area (TPSA) is 98.9 Å². The number of carbonyl (C=O) groups is 2. The molecule has 1 heterocycles. The molecule has 2 amide bonds. The lowest BCUT2D eigenvalue weighted by Crippen LogP contribution is -2.48. The van der Waals surface area contributed by atoms with Crippen molar-refractivity contribution in [3.8, 4) is 0 Å². The number of aromatic nitrogens is 2. The third kappa shape index (κ3) is 3.86. The molecule has 0 aliphatic heterocycles. The monoisotopic (exact) mass is 303 g/mol. The normalized spacial score (nSPS) is 9.76. The lowest BCUT2D eigenvalue weighted by atomic mass is 10.2. The molecular formula is C13H13N5O2S. The second kappa shape index (κ2) is 6.62. The number of hydrazine groups is 1. The van der Waals surface area contributed by atoms with Crippen molar-refractivity contribution in [3.05, 3.63) is 53.6 Å². The third-order valence-corrected chi connectivity index (χ3v) is 2.80. The van der Waals surface area contributed by atoms with Gasteiger partial charge in [-0.25, -0.2) is 4.98 Å². The molecule has 0 radical (unpaired) electrons. The molecule has 21 heavy (non-hydrogen) atoms. The van der Waals surface area contributed by atoms with Crippen molar-refractivity contribution in [1.82, 2.24) is 26.1 Å². The Kier molecular flexibility index (Phi) is 4.62. The molecule has 2 rings (SSSR count). The largest absolute Gasteiger partial charge is 0.348 e. The van der Waals surface area contributed by atoms with Crippen LogP contribution in [0.4, 0.5) is 0 Å². The van der Waals surface area contributed by atoms with E-state index in [1.807, 2.05) is 0 Å². The number of benzene rings is 1. The van der Waals surface area contributed by atoms with Gasteiger partial charge < -0.3 is 4.98 Å². The molecule has 0 saturated heterocycles. The Morgan fingerprint density at radius 2 is 1.86 bits per heavy atom. The zero-order valence-corrected chi connectivity index (χ0v) is 12.0. The molecule has 1 aromatic heterocycles. The third-order valence-electron chi connectivity index (χ3n) is 2.60. The fourth-order valence-corrected chi connectivity index (χ4v) is 1.70. The first kappa shape index (κ1) is 14.7. The number of hydrogen-bond donors (Lipinski definition) is 4. The van der Waals surface area contributed by atoms with Crippen molar-refractivity contribution in [2.75, 3.05) is 0 Å². The number of hydrogen-bond acceptors (Lipinski definition) is 4. The maximum atomic E-state index is 11.8. The van der Waals surface area contributed by atoms with Gasteiger partial charge in [0.1, 0.15) is 0 Å². The average Bonchev–Trinajstić information content (AvgIpc) is 2.92. The summed E-state index contributed by atoms with van der Waals surface area (Å²) in [7, 11) is 0. The van der Waals surface area contributed by atoms with Crippen LogP contribution in [-0.4, -0.2) is 26.9 Å². The van der Waals surface area contributed by atoms with Gasteiger partial charge in [-0.3, -0.25) is 25.8 Å². The quantitative estimate of drug-likeness (QED) is 0.483. The number of nitrogens with zero attached hydrogens (tertiary/aromatic N) is 1. The van der Waals surface area contributed by atoms with E-state index in [1.54, 1.807) is 37.3 Å². The van der Waals surface area contributed by atoms with Crippen molar-refractivity contribution in [2.45, 2.75) is 6.92 Å². The van der Waals surface area contributed by atoms with Gasteiger partial charge in [0.25, 0.3) is 11.8 Å². The van der Waals surface area contributed by atoms with E-state index >= 15 is 0 Å². The molecule has 1 aromatic carbocycles. The smallest absolute Gasteiger partial charge is 0.290 e. The van der Waals surface area contributed by atoms with Crippen LogP contribution < -0.4 is 16.2 Å². The van der Waals surface area contributed by atoms with E-state index in [4.69, 9.17) is 12.2 Å². The Balaban J connectivity index is 1.84. The van der Waals surface area contributed by atoms with Crippen LogP contribution in [0, 0.1) is 6.92 Å². The van der Waals surface area contributed by atoms with Crippen LogP contribution in [0.5, 0.6) is 0 Å². The lowest BCUT2D eigenvalue weighted by Gasteiger charge is -2.10. The van der Waals surface area contributed by atoms with E-state index in [2.05, 4.69) is 26.1 Å². The van der Waals surface area contributed by atoms with Crippen LogP contribution in [-0.2, 0) is 0 Å². The number of H-pyrrole nitrogens is 1. The van der Waals surface area contributed by atoms with Gasteiger partial charge in [0.15, 0.2) is 10.8 Å². The number of rotatable bonds is 2. The number of imidazole rings is 1. The molecule has 0 unspecified atom stereocenters. The Morgan fingerprint density at radius 3 is 2.48 bits per heavy atom. The average molecular weight is 303 g/mol. The van der Waals surface area contributed by atoms with E-state index in [0.29, 0.717) is 11.3 Å².